The highest BCUT2D eigenvalue weighted by molar-refractivity contribution is 6.07. The first kappa shape index (κ1) is 27.2. The molecule has 9 nitrogen and oxygen atoms in total. The van der Waals surface area contributed by atoms with E-state index in [0.29, 0.717) is 38.6 Å². The zero-order valence-corrected chi connectivity index (χ0v) is 22.1. The monoisotopic (exact) mass is 497 g/mol. The molecular formula is C27H39N5O4. The van der Waals surface area contributed by atoms with Crippen LogP contribution in [0.5, 0.6) is 5.75 Å². The van der Waals surface area contributed by atoms with Crippen LogP contribution in [0.1, 0.15) is 80.4 Å². The molecule has 9 heteroatoms. The van der Waals surface area contributed by atoms with Crippen molar-refractivity contribution in [2.45, 2.75) is 72.5 Å². The van der Waals surface area contributed by atoms with E-state index in [-0.39, 0.29) is 29.7 Å². The topological polar surface area (TPSA) is 106 Å². The molecule has 1 aliphatic heterocycles. The van der Waals surface area contributed by atoms with E-state index in [4.69, 9.17) is 4.74 Å². The van der Waals surface area contributed by atoms with E-state index in [1.54, 1.807) is 16.4 Å². The third kappa shape index (κ3) is 6.06. The van der Waals surface area contributed by atoms with E-state index in [0.717, 1.165) is 24.2 Å². The number of hydrogen-bond donors (Lipinski definition) is 2. The second kappa shape index (κ2) is 12.1. The number of nitrogens with zero attached hydrogens (tertiary/aromatic N) is 3. The van der Waals surface area contributed by atoms with Crippen LogP contribution in [0.2, 0.25) is 0 Å². The van der Waals surface area contributed by atoms with Crippen molar-refractivity contribution < 1.29 is 19.1 Å². The molecule has 1 aromatic heterocycles. The van der Waals surface area contributed by atoms with Crippen LogP contribution in [-0.4, -0.2) is 57.4 Å². The summed E-state index contributed by atoms with van der Waals surface area (Å²) in [4.78, 5) is 45.6. The predicted molar refractivity (Wildman–Crippen MR) is 138 cm³/mol. The van der Waals surface area contributed by atoms with Crippen molar-refractivity contribution in [2.24, 2.45) is 5.92 Å². The molecule has 0 saturated heterocycles. The van der Waals surface area contributed by atoms with Gasteiger partial charge in [-0.2, -0.15) is 0 Å². The molecular weight excluding hydrogens is 458 g/mol. The second-order valence-corrected chi connectivity index (χ2v) is 9.91. The summed E-state index contributed by atoms with van der Waals surface area (Å²) in [6, 6.07) is 7.53. The zero-order chi connectivity index (χ0) is 26.3. The largest absolute Gasteiger partial charge is 0.494 e. The molecule has 36 heavy (non-hydrogen) atoms. The Morgan fingerprint density at radius 1 is 1.14 bits per heavy atom. The van der Waals surface area contributed by atoms with E-state index >= 15 is 0 Å². The van der Waals surface area contributed by atoms with Gasteiger partial charge in [-0.1, -0.05) is 39.8 Å². The van der Waals surface area contributed by atoms with E-state index in [9.17, 15) is 14.4 Å². The summed E-state index contributed by atoms with van der Waals surface area (Å²) in [5.74, 6) is 0.274. The summed E-state index contributed by atoms with van der Waals surface area (Å²) in [5, 5.41) is 5.85. The highest BCUT2D eigenvalue weighted by Crippen LogP contribution is 2.29. The van der Waals surface area contributed by atoms with Gasteiger partial charge in [-0.25, -0.2) is 4.98 Å². The first-order valence-electron chi connectivity index (χ1n) is 12.9. The molecule has 3 amide bonds. The van der Waals surface area contributed by atoms with Gasteiger partial charge in [0.1, 0.15) is 17.0 Å². The number of rotatable bonds is 12. The van der Waals surface area contributed by atoms with Crippen LogP contribution in [0.25, 0.3) is 0 Å². The molecule has 0 saturated carbocycles. The summed E-state index contributed by atoms with van der Waals surface area (Å²) < 4.78 is 7.22. The first-order chi connectivity index (χ1) is 17.2. The van der Waals surface area contributed by atoms with Gasteiger partial charge in [0.05, 0.1) is 19.5 Å². The van der Waals surface area contributed by atoms with Crippen LogP contribution in [-0.2, 0) is 17.9 Å². The highest BCUT2D eigenvalue weighted by atomic mass is 16.5. The maximum absolute atomic E-state index is 13.6. The van der Waals surface area contributed by atoms with Gasteiger partial charge in [-0.15, -0.1) is 0 Å². The Kier molecular flexibility index (Phi) is 9.12. The van der Waals surface area contributed by atoms with Crippen molar-refractivity contribution in [1.29, 1.82) is 0 Å². The van der Waals surface area contributed by atoms with Crippen LogP contribution < -0.4 is 15.4 Å². The fourth-order valence-corrected chi connectivity index (χ4v) is 4.28. The molecule has 0 unspecified atom stereocenters. The number of carbonyl (C=O) groups is 3. The Bertz CT molecular complexity index is 1060. The van der Waals surface area contributed by atoms with Gasteiger partial charge in [-0.3, -0.25) is 14.4 Å². The Balaban J connectivity index is 1.74. The number of hydrogen-bond acceptors (Lipinski definition) is 5. The van der Waals surface area contributed by atoms with E-state index < -0.39 is 11.4 Å². The zero-order valence-electron chi connectivity index (χ0n) is 22.1. The minimum atomic E-state index is -1.06. The first-order valence-corrected chi connectivity index (χ1v) is 12.9. The number of ether oxygens (including phenoxy) is 1. The maximum atomic E-state index is 13.6. The number of imidazole rings is 1. The minimum Gasteiger partial charge on any atom is -0.494 e. The molecule has 0 spiro atoms. The van der Waals surface area contributed by atoms with Gasteiger partial charge in [-0.05, 0) is 49.8 Å². The molecule has 1 aromatic carbocycles. The van der Waals surface area contributed by atoms with Gasteiger partial charge in [0.2, 0.25) is 5.91 Å². The van der Waals surface area contributed by atoms with Gasteiger partial charge in [0, 0.05) is 19.6 Å². The Labute approximate surface area is 213 Å². The molecule has 1 atom stereocenters. The summed E-state index contributed by atoms with van der Waals surface area (Å²) in [6.07, 6.45) is 3.96. The van der Waals surface area contributed by atoms with Gasteiger partial charge < -0.3 is 24.8 Å². The summed E-state index contributed by atoms with van der Waals surface area (Å²) in [6.45, 7) is 12.1. The molecule has 0 radical (unpaired) electrons. The van der Waals surface area contributed by atoms with Crippen molar-refractivity contribution in [3.8, 4) is 5.75 Å². The van der Waals surface area contributed by atoms with Crippen molar-refractivity contribution >= 4 is 17.7 Å². The van der Waals surface area contributed by atoms with E-state index in [1.807, 2.05) is 38.1 Å². The van der Waals surface area contributed by atoms with Gasteiger partial charge >= 0.3 is 0 Å². The lowest BCUT2D eigenvalue weighted by atomic mass is 9.93. The molecule has 2 aromatic rings. The smallest absolute Gasteiger partial charge is 0.273 e. The number of carbonyl (C=O) groups excluding carboxylic acids is 3. The molecule has 0 aliphatic carbocycles. The Morgan fingerprint density at radius 2 is 1.86 bits per heavy atom. The maximum Gasteiger partial charge on any atom is 0.273 e. The number of fused-ring (bicyclic) bond motifs is 1. The third-order valence-corrected chi connectivity index (χ3v) is 6.37. The Hall–Kier alpha value is -3.36. The lowest BCUT2D eigenvalue weighted by Crippen LogP contribution is -2.64. The van der Waals surface area contributed by atoms with Crippen LogP contribution in [0.15, 0.2) is 30.6 Å². The summed E-state index contributed by atoms with van der Waals surface area (Å²) in [5.41, 5.74) is 0.139. The molecule has 0 bridgehead atoms. The molecule has 1 aliphatic rings. The van der Waals surface area contributed by atoms with E-state index in [1.165, 1.54) is 6.33 Å². The SMILES string of the molecule is CCCOc1ccc(CNC(=O)c2ncn3c2C(=O)N(CCC)[C@](C)(C(=O)NCCC(C)C)C3)cc1. The number of nitrogens with one attached hydrogen (secondary N) is 2. The van der Waals surface area contributed by atoms with Crippen molar-refractivity contribution in [3.05, 3.63) is 47.5 Å². The fourth-order valence-electron chi connectivity index (χ4n) is 4.28. The van der Waals surface area contributed by atoms with Gasteiger partial charge in [0.25, 0.3) is 11.8 Å². The lowest BCUT2D eigenvalue weighted by molar-refractivity contribution is -0.132. The second-order valence-electron chi connectivity index (χ2n) is 9.91. The molecule has 0 fully saturated rings. The molecule has 2 N–H and O–H groups in total. The minimum absolute atomic E-state index is 0.0752. The van der Waals surface area contributed by atoms with Crippen molar-refractivity contribution in [2.75, 3.05) is 19.7 Å². The van der Waals surface area contributed by atoms with E-state index in [2.05, 4.69) is 29.5 Å². The van der Waals surface area contributed by atoms with Crippen molar-refractivity contribution in [1.82, 2.24) is 25.1 Å². The lowest BCUT2D eigenvalue weighted by Gasteiger charge is -2.43. The van der Waals surface area contributed by atoms with Crippen LogP contribution in [0, 0.1) is 5.92 Å². The average molecular weight is 498 g/mol. The number of benzene rings is 1. The summed E-state index contributed by atoms with van der Waals surface area (Å²) in [7, 11) is 0. The van der Waals surface area contributed by atoms with Crippen LogP contribution >= 0.6 is 0 Å². The Morgan fingerprint density at radius 3 is 2.50 bits per heavy atom. The normalized spacial score (nSPS) is 17.2. The summed E-state index contributed by atoms with van der Waals surface area (Å²) >= 11 is 0. The molecule has 3 rings (SSSR count). The average Bonchev–Trinajstić information content (AvgIpc) is 3.28. The predicted octanol–water partition coefficient (Wildman–Crippen LogP) is 3.39. The fraction of sp³-hybridized carbons (Fsp3) is 0.556. The number of aromatic nitrogens is 2. The third-order valence-electron chi connectivity index (χ3n) is 6.37. The van der Waals surface area contributed by atoms with Crippen molar-refractivity contribution in [3.63, 3.8) is 0 Å². The van der Waals surface area contributed by atoms with Gasteiger partial charge in [0.15, 0.2) is 5.69 Å². The molecule has 196 valence electrons. The number of amides is 3. The van der Waals surface area contributed by atoms with Crippen LogP contribution in [0.4, 0.5) is 0 Å². The standard InChI is InChI=1S/C27H39N5O4/c1-6-14-32-25(34)23-22(24(33)29-16-20-8-10-21(11-9-20)36-15-7-2)30-18-31(23)17-27(32,5)26(35)28-13-12-19(3)4/h8-11,18-19H,6-7,12-17H2,1-5H3,(H,28,35)(H,29,33)/t27-/m0/s1. The quantitative estimate of drug-likeness (QED) is 0.468. The molecule has 2 heterocycles. The highest BCUT2D eigenvalue weighted by Gasteiger charge is 2.48. The van der Waals surface area contributed by atoms with Crippen LogP contribution in [0.3, 0.4) is 0 Å².